The standard InChI is InChI=1S/C6H14O4S/c1-5(2)9-6(3,4)10-11(7)8/h5H,1-4H3,(H,7,8). The van der Waals surface area contributed by atoms with Crippen LogP contribution in [0.5, 0.6) is 0 Å². The highest BCUT2D eigenvalue weighted by atomic mass is 32.2. The SMILES string of the molecule is CC(C)OC(C)(C)OS(=O)O. The molecule has 0 aliphatic carbocycles. The third-order valence-electron chi connectivity index (χ3n) is 0.791. The molecule has 0 bridgehead atoms. The van der Waals surface area contributed by atoms with Crippen molar-refractivity contribution >= 4 is 11.4 Å². The molecule has 1 atom stereocenters. The van der Waals surface area contributed by atoms with Crippen molar-refractivity contribution in [3.8, 4) is 0 Å². The van der Waals surface area contributed by atoms with Crippen molar-refractivity contribution in [2.75, 3.05) is 0 Å². The highest BCUT2D eigenvalue weighted by Crippen LogP contribution is 2.14. The fourth-order valence-corrected chi connectivity index (χ4v) is 1.14. The van der Waals surface area contributed by atoms with Crippen LogP contribution >= 0.6 is 0 Å². The first-order chi connectivity index (χ1) is 4.83. The smallest absolute Gasteiger partial charge is 0.304 e. The van der Waals surface area contributed by atoms with Crippen LogP contribution in [0.3, 0.4) is 0 Å². The summed E-state index contributed by atoms with van der Waals surface area (Å²) in [5.41, 5.74) is 0. The van der Waals surface area contributed by atoms with E-state index >= 15 is 0 Å². The zero-order valence-corrected chi connectivity index (χ0v) is 7.97. The van der Waals surface area contributed by atoms with Gasteiger partial charge in [-0.2, -0.15) is 4.21 Å². The minimum Gasteiger partial charge on any atom is -0.347 e. The van der Waals surface area contributed by atoms with Crippen LogP contribution in [0, 0.1) is 0 Å². The molecule has 0 fully saturated rings. The number of rotatable bonds is 4. The van der Waals surface area contributed by atoms with E-state index in [0.29, 0.717) is 0 Å². The summed E-state index contributed by atoms with van der Waals surface area (Å²) in [6, 6.07) is 0. The van der Waals surface area contributed by atoms with Crippen LogP contribution < -0.4 is 0 Å². The fourth-order valence-electron chi connectivity index (χ4n) is 0.759. The predicted octanol–water partition coefficient (Wildman–Crippen LogP) is 1.30. The molecule has 0 aliphatic heterocycles. The summed E-state index contributed by atoms with van der Waals surface area (Å²) in [7, 11) is 0. The van der Waals surface area contributed by atoms with E-state index in [-0.39, 0.29) is 6.10 Å². The van der Waals surface area contributed by atoms with E-state index in [0.717, 1.165) is 0 Å². The Hall–Kier alpha value is 0.0300. The van der Waals surface area contributed by atoms with Gasteiger partial charge in [0.2, 0.25) is 0 Å². The summed E-state index contributed by atoms with van der Waals surface area (Å²) in [5.74, 6) is -1.01. The monoisotopic (exact) mass is 182 g/mol. The molecule has 0 aromatic carbocycles. The lowest BCUT2D eigenvalue weighted by atomic mass is 10.3. The van der Waals surface area contributed by atoms with Crippen LogP contribution in [0.15, 0.2) is 0 Å². The highest BCUT2D eigenvalue weighted by molar-refractivity contribution is 7.74. The summed E-state index contributed by atoms with van der Waals surface area (Å²) in [6.45, 7) is 6.82. The largest absolute Gasteiger partial charge is 0.347 e. The Labute approximate surface area is 69.4 Å². The quantitative estimate of drug-likeness (QED) is 0.526. The molecule has 0 aromatic heterocycles. The van der Waals surface area contributed by atoms with Crippen LogP contribution in [-0.4, -0.2) is 20.7 Å². The van der Waals surface area contributed by atoms with Crippen molar-refractivity contribution in [3.05, 3.63) is 0 Å². The molecule has 0 heterocycles. The Bertz CT molecular complexity index is 144. The molecule has 0 saturated carbocycles. The Balaban J connectivity index is 3.89. The lowest BCUT2D eigenvalue weighted by Gasteiger charge is -2.24. The molecular weight excluding hydrogens is 168 g/mol. The van der Waals surface area contributed by atoms with E-state index < -0.39 is 17.1 Å². The van der Waals surface area contributed by atoms with Gasteiger partial charge in [-0.05, 0) is 27.7 Å². The van der Waals surface area contributed by atoms with Gasteiger partial charge in [-0.25, -0.2) is 4.18 Å². The molecule has 4 nitrogen and oxygen atoms in total. The van der Waals surface area contributed by atoms with Crippen molar-refractivity contribution in [3.63, 3.8) is 0 Å². The zero-order chi connectivity index (χ0) is 9.07. The van der Waals surface area contributed by atoms with Crippen molar-refractivity contribution in [2.45, 2.75) is 39.6 Å². The fraction of sp³-hybridized carbons (Fsp3) is 1.00. The first-order valence-electron chi connectivity index (χ1n) is 3.31. The first kappa shape index (κ1) is 11.0. The maximum Gasteiger partial charge on any atom is 0.304 e. The molecule has 1 unspecified atom stereocenters. The molecule has 0 spiro atoms. The van der Waals surface area contributed by atoms with Crippen LogP contribution in [0.4, 0.5) is 0 Å². The van der Waals surface area contributed by atoms with E-state index in [9.17, 15) is 4.21 Å². The second kappa shape index (κ2) is 4.15. The topological polar surface area (TPSA) is 55.8 Å². The molecule has 1 N–H and O–H groups in total. The summed E-state index contributed by atoms with van der Waals surface area (Å²) >= 11 is -2.28. The number of ether oxygens (including phenoxy) is 1. The predicted molar refractivity (Wildman–Crippen MR) is 42.2 cm³/mol. The minimum absolute atomic E-state index is 0.0338. The molecule has 0 aliphatic rings. The molecule has 0 rings (SSSR count). The molecule has 0 radical (unpaired) electrons. The van der Waals surface area contributed by atoms with Crippen molar-refractivity contribution < 1.29 is 17.7 Å². The zero-order valence-electron chi connectivity index (χ0n) is 7.16. The van der Waals surface area contributed by atoms with Gasteiger partial charge in [0, 0.05) is 0 Å². The minimum atomic E-state index is -2.28. The van der Waals surface area contributed by atoms with Gasteiger partial charge in [0.1, 0.15) is 0 Å². The summed E-state index contributed by atoms with van der Waals surface area (Å²) in [5, 5.41) is 0. The molecule has 0 amide bonds. The third kappa shape index (κ3) is 6.43. The van der Waals surface area contributed by atoms with Gasteiger partial charge in [0.05, 0.1) is 6.10 Å². The van der Waals surface area contributed by atoms with Gasteiger partial charge in [0.15, 0.2) is 5.79 Å². The lowest BCUT2D eigenvalue weighted by molar-refractivity contribution is -0.176. The lowest BCUT2D eigenvalue weighted by Crippen LogP contribution is -2.31. The van der Waals surface area contributed by atoms with E-state index in [1.807, 2.05) is 13.8 Å². The summed E-state index contributed by atoms with van der Waals surface area (Å²) in [6.07, 6.45) is -0.0338. The maximum absolute atomic E-state index is 10.2. The molecule has 68 valence electrons. The van der Waals surface area contributed by atoms with Gasteiger partial charge in [-0.1, -0.05) is 0 Å². The summed E-state index contributed by atoms with van der Waals surface area (Å²) < 4.78 is 28.3. The number of hydrogen-bond donors (Lipinski definition) is 1. The van der Waals surface area contributed by atoms with E-state index in [4.69, 9.17) is 9.29 Å². The molecule has 0 aromatic rings. The normalized spacial score (nSPS) is 15.5. The highest BCUT2D eigenvalue weighted by Gasteiger charge is 2.23. The van der Waals surface area contributed by atoms with Crippen LogP contribution in [0.1, 0.15) is 27.7 Å². The second-order valence-corrected chi connectivity index (χ2v) is 3.47. The van der Waals surface area contributed by atoms with Crippen molar-refractivity contribution in [1.82, 2.24) is 0 Å². The Morgan fingerprint density at radius 3 is 2.18 bits per heavy atom. The van der Waals surface area contributed by atoms with Crippen molar-refractivity contribution in [1.29, 1.82) is 0 Å². The molecule has 5 heteroatoms. The third-order valence-corrected chi connectivity index (χ3v) is 1.34. The van der Waals surface area contributed by atoms with Crippen LogP contribution in [0.25, 0.3) is 0 Å². The molecule has 0 saturated heterocycles. The molecule has 11 heavy (non-hydrogen) atoms. The average molecular weight is 182 g/mol. The van der Waals surface area contributed by atoms with Gasteiger partial charge in [-0.3, -0.25) is 4.55 Å². The van der Waals surface area contributed by atoms with Gasteiger partial charge in [0.25, 0.3) is 0 Å². The first-order valence-corrected chi connectivity index (χ1v) is 4.35. The van der Waals surface area contributed by atoms with E-state index in [2.05, 4.69) is 4.18 Å². The Morgan fingerprint density at radius 1 is 1.45 bits per heavy atom. The van der Waals surface area contributed by atoms with Crippen LogP contribution in [-0.2, 0) is 20.3 Å². The second-order valence-electron chi connectivity index (χ2n) is 2.87. The van der Waals surface area contributed by atoms with Crippen LogP contribution in [0.2, 0.25) is 0 Å². The maximum atomic E-state index is 10.2. The number of hydrogen-bond acceptors (Lipinski definition) is 3. The Morgan fingerprint density at radius 2 is 1.91 bits per heavy atom. The van der Waals surface area contributed by atoms with Crippen molar-refractivity contribution in [2.24, 2.45) is 0 Å². The molecular formula is C6H14O4S. The van der Waals surface area contributed by atoms with E-state index in [1.165, 1.54) is 0 Å². The van der Waals surface area contributed by atoms with Gasteiger partial charge < -0.3 is 4.74 Å². The summed E-state index contributed by atoms with van der Waals surface area (Å²) in [4.78, 5) is 0. The van der Waals surface area contributed by atoms with E-state index in [1.54, 1.807) is 13.8 Å². The van der Waals surface area contributed by atoms with Gasteiger partial charge in [-0.15, -0.1) is 0 Å². The average Bonchev–Trinajstić information content (AvgIpc) is 1.53. The Kier molecular flexibility index (Phi) is 4.17. The van der Waals surface area contributed by atoms with Gasteiger partial charge >= 0.3 is 11.4 Å².